The van der Waals surface area contributed by atoms with Crippen LogP contribution in [0.15, 0.2) is 30.3 Å². The number of benzene rings is 1. The van der Waals surface area contributed by atoms with Crippen molar-refractivity contribution >= 4 is 17.5 Å². The number of carbonyl (C=O) groups is 1. The predicted molar refractivity (Wildman–Crippen MR) is 75.2 cm³/mol. The molecule has 0 aliphatic rings. The van der Waals surface area contributed by atoms with Crippen molar-refractivity contribution in [2.24, 2.45) is 0 Å². The zero-order chi connectivity index (χ0) is 14.3. The van der Waals surface area contributed by atoms with E-state index in [0.29, 0.717) is 13.0 Å². The fourth-order valence-electron chi connectivity index (χ4n) is 1.87. The summed E-state index contributed by atoms with van der Waals surface area (Å²) in [5.41, 5.74) is -0.319. The number of aliphatic hydroxyl groups is 1. The van der Waals surface area contributed by atoms with E-state index in [1.807, 2.05) is 30.3 Å². The summed E-state index contributed by atoms with van der Waals surface area (Å²) in [6, 6.07) is 9.32. The average molecular weight is 286 g/mol. The third-order valence-electron chi connectivity index (χ3n) is 3.10. The van der Waals surface area contributed by atoms with E-state index in [1.54, 1.807) is 14.2 Å². The molecule has 1 rings (SSSR count). The molecule has 0 aromatic heterocycles. The van der Waals surface area contributed by atoms with Crippen LogP contribution >= 0.6 is 11.6 Å². The molecule has 0 aliphatic heterocycles. The Balaban J connectivity index is 2.75. The first-order valence-corrected chi connectivity index (χ1v) is 6.63. The minimum absolute atomic E-state index is 0.0510. The number of alkyl halides is 1. The molecule has 0 bridgehead atoms. The van der Waals surface area contributed by atoms with Crippen molar-refractivity contribution in [2.45, 2.75) is 12.0 Å². The van der Waals surface area contributed by atoms with Crippen LogP contribution in [0.2, 0.25) is 0 Å². The lowest BCUT2D eigenvalue weighted by molar-refractivity contribution is -0.128. The van der Waals surface area contributed by atoms with E-state index in [1.165, 1.54) is 4.90 Å². The number of hydrogen-bond acceptors (Lipinski definition) is 3. The fourth-order valence-corrected chi connectivity index (χ4v) is 2.07. The van der Waals surface area contributed by atoms with Crippen LogP contribution in [0.3, 0.4) is 0 Å². The molecule has 0 radical (unpaired) electrons. The van der Waals surface area contributed by atoms with Gasteiger partial charge in [0.15, 0.2) is 0 Å². The number of methoxy groups -OCH3 is 1. The highest BCUT2D eigenvalue weighted by Gasteiger charge is 2.29. The Morgan fingerprint density at radius 3 is 2.58 bits per heavy atom. The van der Waals surface area contributed by atoms with E-state index < -0.39 is 5.60 Å². The van der Waals surface area contributed by atoms with Gasteiger partial charge in [-0.2, -0.15) is 0 Å². The molecular formula is C14H20ClNO3. The third-order valence-corrected chi connectivity index (χ3v) is 3.32. The number of halogens is 1. The second-order valence-corrected chi connectivity index (χ2v) is 4.80. The number of carbonyl (C=O) groups excluding carboxylic acids is 1. The maximum atomic E-state index is 11.4. The van der Waals surface area contributed by atoms with Gasteiger partial charge in [0.05, 0.1) is 6.61 Å². The van der Waals surface area contributed by atoms with E-state index >= 15 is 0 Å². The normalized spacial score (nSPS) is 13.9. The lowest BCUT2D eigenvalue weighted by Gasteiger charge is -2.30. The smallest absolute Gasteiger partial charge is 0.237 e. The van der Waals surface area contributed by atoms with E-state index in [0.717, 1.165) is 5.56 Å². The maximum absolute atomic E-state index is 11.4. The first kappa shape index (κ1) is 16.0. The first-order chi connectivity index (χ1) is 9.03. The van der Waals surface area contributed by atoms with Gasteiger partial charge in [0.1, 0.15) is 11.5 Å². The molecule has 1 aromatic rings. The van der Waals surface area contributed by atoms with Crippen molar-refractivity contribution in [2.75, 3.05) is 33.2 Å². The topological polar surface area (TPSA) is 49.8 Å². The number of amides is 1. The van der Waals surface area contributed by atoms with Gasteiger partial charge < -0.3 is 14.7 Å². The van der Waals surface area contributed by atoms with E-state index in [4.69, 9.17) is 16.3 Å². The average Bonchev–Trinajstić information content (AvgIpc) is 2.45. The lowest BCUT2D eigenvalue weighted by Crippen LogP contribution is -2.37. The number of ether oxygens (including phenoxy) is 1. The Hall–Kier alpha value is -1.10. The highest BCUT2D eigenvalue weighted by atomic mass is 35.5. The van der Waals surface area contributed by atoms with E-state index in [9.17, 15) is 9.90 Å². The number of hydrogen-bond donors (Lipinski definition) is 1. The second-order valence-electron chi connectivity index (χ2n) is 4.53. The zero-order valence-electron chi connectivity index (χ0n) is 11.3. The molecule has 1 atom stereocenters. The van der Waals surface area contributed by atoms with Crippen LogP contribution in [-0.4, -0.2) is 49.1 Å². The summed E-state index contributed by atoms with van der Waals surface area (Å²) in [6.45, 7) is 0.597. The second kappa shape index (κ2) is 7.48. The summed E-state index contributed by atoms with van der Waals surface area (Å²) in [5, 5.41) is 10.7. The largest absolute Gasteiger partial charge is 0.383 e. The molecule has 0 heterocycles. The van der Waals surface area contributed by atoms with Crippen molar-refractivity contribution in [1.29, 1.82) is 0 Å². The molecule has 1 unspecified atom stereocenters. The quantitative estimate of drug-likeness (QED) is 0.775. The van der Waals surface area contributed by atoms with E-state index in [-0.39, 0.29) is 18.4 Å². The van der Waals surface area contributed by atoms with Crippen LogP contribution in [0.25, 0.3) is 0 Å². The van der Waals surface area contributed by atoms with Gasteiger partial charge in [-0.05, 0) is 5.56 Å². The van der Waals surface area contributed by atoms with Gasteiger partial charge in [-0.15, -0.1) is 11.6 Å². The van der Waals surface area contributed by atoms with Crippen molar-refractivity contribution in [1.82, 2.24) is 4.90 Å². The van der Waals surface area contributed by atoms with Crippen molar-refractivity contribution in [3.05, 3.63) is 35.9 Å². The molecule has 4 nitrogen and oxygen atoms in total. The molecule has 0 spiro atoms. The van der Waals surface area contributed by atoms with Crippen LogP contribution in [0.5, 0.6) is 0 Å². The molecule has 0 aliphatic carbocycles. The summed E-state index contributed by atoms with van der Waals surface area (Å²) in [7, 11) is 3.21. The zero-order valence-corrected chi connectivity index (χ0v) is 12.1. The summed E-state index contributed by atoms with van der Waals surface area (Å²) in [5.74, 6) is -0.209. The van der Waals surface area contributed by atoms with Crippen LogP contribution in [0.4, 0.5) is 0 Å². The first-order valence-electron chi connectivity index (χ1n) is 6.10. The van der Waals surface area contributed by atoms with Gasteiger partial charge in [-0.3, -0.25) is 4.79 Å². The molecule has 0 saturated carbocycles. The highest BCUT2D eigenvalue weighted by molar-refractivity contribution is 6.27. The number of nitrogens with zero attached hydrogens (tertiary/aromatic N) is 1. The van der Waals surface area contributed by atoms with Gasteiger partial charge in [0.25, 0.3) is 0 Å². The molecule has 106 valence electrons. The Bertz CT molecular complexity index is 399. The van der Waals surface area contributed by atoms with Crippen molar-refractivity contribution < 1.29 is 14.6 Å². The van der Waals surface area contributed by atoms with Crippen LogP contribution in [-0.2, 0) is 15.1 Å². The molecule has 0 fully saturated rings. The lowest BCUT2D eigenvalue weighted by atomic mass is 9.91. The van der Waals surface area contributed by atoms with Crippen LogP contribution in [0, 0.1) is 0 Å². The van der Waals surface area contributed by atoms with Gasteiger partial charge in [0, 0.05) is 27.1 Å². The van der Waals surface area contributed by atoms with Crippen molar-refractivity contribution in [3.8, 4) is 0 Å². The molecule has 0 saturated heterocycles. The molecule has 19 heavy (non-hydrogen) atoms. The molecule has 1 aromatic carbocycles. The van der Waals surface area contributed by atoms with Gasteiger partial charge in [-0.1, -0.05) is 30.3 Å². The van der Waals surface area contributed by atoms with Crippen LogP contribution < -0.4 is 0 Å². The summed E-state index contributed by atoms with van der Waals surface area (Å²) in [4.78, 5) is 12.9. The predicted octanol–water partition coefficient (Wildman–Crippen LogP) is 1.61. The standard InChI is InChI=1S/C14H20ClNO3/c1-16(13(17)10-15)9-8-14(18,11-19-2)12-6-4-3-5-7-12/h3-7,18H,8-11H2,1-2H3. The Labute approximate surface area is 118 Å². The van der Waals surface area contributed by atoms with E-state index in [2.05, 4.69) is 0 Å². The summed E-state index contributed by atoms with van der Waals surface area (Å²) in [6.07, 6.45) is 0.393. The Morgan fingerprint density at radius 1 is 1.42 bits per heavy atom. The molecule has 1 amide bonds. The Morgan fingerprint density at radius 2 is 2.05 bits per heavy atom. The van der Waals surface area contributed by atoms with Crippen molar-refractivity contribution in [3.63, 3.8) is 0 Å². The van der Waals surface area contributed by atoms with Gasteiger partial charge in [0.2, 0.25) is 5.91 Å². The summed E-state index contributed by atoms with van der Waals surface area (Å²) >= 11 is 5.50. The Kier molecular flexibility index (Phi) is 6.28. The summed E-state index contributed by atoms with van der Waals surface area (Å²) < 4.78 is 5.10. The monoisotopic (exact) mass is 285 g/mol. The van der Waals surface area contributed by atoms with Gasteiger partial charge >= 0.3 is 0 Å². The minimum atomic E-state index is -1.10. The molecular weight excluding hydrogens is 266 g/mol. The molecule has 1 N–H and O–H groups in total. The maximum Gasteiger partial charge on any atom is 0.237 e. The molecule has 5 heteroatoms. The third kappa shape index (κ3) is 4.49. The van der Waals surface area contributed by atoms with Crippen LogP contribution in [0.1, 0.15) is 12.0 Å². The SMILES string of the molecule is COCC(O)(CCN(C)C(=O)CCl)c1ccccc1. The highest BCUT2D eigenvalue weighted by Crippen LogP contribution is 2.25. The minimum Gasteiger partial charge on any atom is -0.383 e. The fraction of sp³-hybridized carbons (Fsp3) is 0.500. The van der Waals surface area contributed by atoms with Gasteiger partial charge in [-0.25, -0.2) is 0 Å². The number of rotatable bonds is 7.